The Balaban J connectivity index is 1.57. The number of ether oxygens (including phenoxy) is 1. The van der Waals surface area contributed by atoms with Crippen molar-refractivity contribution in [3.8, 4) is 5.75 Å². The van der Waals surface area contributed by atoms with Gasteiger partial charge < -0.3 is 14.5 Å². The quantitative estimate of drug-likeness (QED) is 0.463. The minimum Gasteiger partial charge on any atom is -0.493 e. The lowest BCUT2D eigenvalue weighted by Crippen LogP contribution is -2.51. The highest BCUT2D eigenvalue weighted by molar-refractivity contribution is 6.30. The molecule has 5 nitrogen and oxygen atoms in total. The first-order valence-electron chi connectivity index (χ1n) is 12.3. The molecule has 194 valence electrons. The van der Waals surface area contributed by atoms with Gasteiger partial charge in [-0.1, -0.05) is 23.7 Å². The molecule has 0 spiro atoms. The average molecular weight is 523 g/mol. The summed E-state index contributed by atoms with van der Waals surface area (Å²) in [5.41, 5.74) is -2.04. The summed E-state index contributed by atoms with van der Waals surface area (Å²) >= 11 is 5.97. The van der Waals surface area contributed by atoms with Crippen LogP contribution in [-0.4, -0.2) is 54.4 Å². The van der Waals surface area contributed by atoms with Gasteiger partial charge in [-0.15, -0.1) is 0 Å². The van der Waals surface area contributed by atoms with Crippen LogP contribution < -0.4 is 4.74 Å². The van der Waals surface area contributed by atoms with E-state index in [9.17, 15) is 22.8 Å². The van der Waals surface area contributed by atoms with Gasteiger partial charge in [-0.3, -0.25) is 9.59 Å². The molecule has 2 saturated heterocycles. The van der Waals surface area contributed by atoms with Crippen molar-refractivity contribution >= 4 is 23.4 Å². The maximum atomic E-state index is 13.6. The second kappa shape index (κ2) is 11.1. The van der Waals surface area contributed by atoms with Crippen molar-refractivity contribution in [1.82, 2.24) is 9.80 Å². The maximum Gasteiger partial charge on any atom is 0.417 e. The first kappa shape index (κ1) is 26.3. The first-order valence-corrected chi connectivity index (χ1v) is 12.7. The number of amides is 2. The molecule has 2 aromatic rings. The number of piperidine rings is 2. The van der Waals surface area contributed by atoms with Gasteiger partial charge >= 0.3 is 6.18 Å². The lowest BCUT2D eigenvalue weighted by molar-refractivity contribution is -0.138. The number of halogens is 4. The average Bonchev–Trinajstić information content (AvgIpc) is 2.88. The Kier molecular flexibility index (Phi) is 8.13. The fraction of sp³-hybridized carbons (Fsp3) is 0.481. The Labute approximate surface area is 214 Å². The monoisotopic (exact) mass is 522 g/mol. The van der Waals surface area contributed by atoms with E-state index in [2.05, 4.69) is 0 Å². The zero-order valence-corrected chi connectivity index (χ0v) is 20.8. The highest BCUT2D eigenvalue weighted by Crippen LogP contribution is 2.38. The third-order valence-corrected chi connectivity index (χ3v) is 7.26. The van der Waals surface area contributed by atoms with Crippen LogP contribution in [0.3, 0.4) is 0 Å². The minimum absolute atomic E-state index is 0.000559. The van der Waals surface area contributed by atoms with Gasteiger partial charge in [-0.25, -0.2) is 0 Å². The van der Waals surface area contributed by atoms with Gasteiger partial charge in [-0.2, -0.15) is 13.2 Å². The first-order chi connectivity index (χ1) is 17.2. The Bertz CT molecular complexity index is 1070. The van der Waals surface area contributed by atoms with Crippen molar-refractivity contribution in [3.63, 3.8) is 0 Å². The molecule has 2 heterocycles. The lowest BCUT2D eigenvalue weighted by Gasteiger charge is -2.43. The van der Waals surface area contributed by atoms with Crippen LogP contribution in [0.4, 0.5) is 13.2 Å². The van der Waals surface area contributed by atoms with Gasteiger partial charge in [0.15, 0.2) is 0 Å². The molecule has 2 aromatic carbocycles. The Morgan fingerprint density at radius 2 is 1.58 bits per heavy atom. The largest absolute Gasteiger partial charge is 0.493 e. The van der Waals surface area contributed by atoms with Crippen molar-refractivity contribution in [1.29, 1.82) is 0 Å². The van der Waals surface area contributed by atoms with E-state index in [4.69, 9.17) is 16.3 Å². The highest BCUT2D eigenvalue weighted by atomic mass is 35.5. The van der Waals surface area contributed by atoms with Crippen molar-refractivity contribution in [2.24, 2.45) is 5.41 Å². The molecule has 0 bridgehead atoms. The summed E-state index contributed by atoms with van der Waals surface area (Å²) in [7, 11) is 0. The van der Waals surface area contributed by atoms with Crippen molar-refractivity contribution in [2.75, 3.05) is 32.8 Å². The van der Waals surface area contributed by atoms with Gasteiger partial charge in [0.25, 0.3) is 5.91 Å². The van der Waals surface area contributed by atoms with Crippen LogP contribution in [0.5, 0.6) is 5.75 Å². The number of likely N-dealkylation sites (tertiary alicyclic amines) is 2. The molecule has 0 radical (unpaired) electrons. The molecule has 2 aliphatic heterocycles. The highest BCUT2D eigenvalue weighted by Gasteiger charge is 2.43. The van der Waals surface area contributed by atoms with E-state index >= 15 is 0 Å². The number of benzene rings is 2. The van der Waals surface area contributed by atoms with Crippen LogP contribution in [0.1, 0.15) is 54.4 Å². The van der Waals surface area contributed by atoms with E-state index in [0.29, 0.717) is 43.2 Å². The summed E-state index contributed by atoms with van der Waals surface area (Å²) < 4.78 is 46.8. The topological polar surface area (TPSA) is 49.9 Å². The lowest BCUT2D eigenvalue weighted by atomic mass is 9.77. The second-order valence-electron chi connectivity index (χ2n) is 9.73. The van der Waals surface area contributed by atoms with Gasteiger partial charge in [0.2, 0.25) is 5.91 Å². The van der Waals surface area contributed by atoms with Gasteiger partial charge in [0.1, 0.15) is 5.75 Å². The number of hydrogen-bond acceptors (Lipinski definition) is 3. The van der Waals surface area contributed by atoms with Crippen LogP contribution in [0.2, 0.25) is 5.02 Å². The van der Waals surface area contributed by atoms with Gasteiger partial charge in [0.05, 0.1) is 17.7 Å². The number of carbonyl (C=O) groups excluding carboxylic acids is 2. The van der Waals surface area contributed by atoms with E-state index in [-0.39, 0.29) is 31.0 Å². The van der Waals surface area contributed by atoms with Crippen molar-refractivity contribution in [3.05, 3.63) is 64.7 Å². The summed E-state index contributed by atoms with van der Waals surface area (Å²) in [6, 6.07) is 11.7. The fourth-order valence-corrected chi connectivity index (χ4v) is 5.25. The molecular weight excluding hydrogens is 493 g/mol. The molecule has 0 N–H and O–H groups in total. The maximum absolute atomic E-state index is 13.6. The number of alkyl halides is 3. The second-order valence-corrected chi connectivity index (χ2v) is 10.2. The molecule has 0 saturated carbocycles. The molecule has 2 fully saturated rings. The normalized spacial score (nSPS) is 20.8. The number of carbonyl (C=O) groups is 2. The molecule has 2 aliphatic rings. The molecule has 9 heteroatoms. The summed E-state index contributed by atoms with van der Waals surface area (Å²) in [5.74, 6) is -0.0987. The van der Waals surface area contributed by atoms with Crippen LogP contribution in [-0.2, 0) is 11.0 Å². The predicted molar refractivity (Wildman–Crippen MR) is 131 cm³/mol. The van der Waals surface area contributed by atoms with Crippen molar-refractivity contribution in [2.45, 2.75) is 44.7 Å². The van der Waals surface area contributed by atoms with E-state index in [0.717, 1.165) is 25.3 Å². The molecule has 0 aromatic heterocycles. The van der Waals surface area contributed by atoms with Crippen molar-refractivity contribution < 1.29 is 27.5 Å². The predicted octanol–water partition coefficient (Wildman–Crippen LogP) is 6.06. The van der Waals surface area contributed by atoms with Crippen LogP contribution in [0.25, 0.3) is 0 Å². The van der Waals surface area contributed by atoms with Crippen LogP contribution in [0, 0.1) is 5.41 Å². The number of hydrogen-bond donors (Lipinski definition) is 0. The molecule has 36 heavy (non-hydrogen) atoms. The van der Waals surface area contributed by atoms with Crippen LogP contribution in [0.15, 0.2) is 48.5 Å². The van der Waals surface area contributed by atoms with E-state index in [1.54, 1.807) is 24.3 Å². The number of rotatable bonds is 6. The van der Waals surface area contributed by atoms with E-state index in [1.165, 1.54) is 23.1 Å². The zero-order valence-electron chi connectivity index (χ0n) is 20.0. The summed E-state index contributed by atoms with van der Waals surface area (Å²) in [6.45, 7) is 2.04. The SMILES string of the molecule is O=C(CC1(COc2ccc(Cl)cc2)CCCN(C(=O)c2ccccc2C(F)(F)F)C1)N1CCCCC1. The Morgan fingerprint density at radius 1 is 0.917 bits per heavy atom. The standard InChI is InChI=1S/C27H30ClF3N2O3/c28-20-9-11-21(12-10-20)36-19-26(17-24(34)32-14-4-1-5-15-32)13-6-16-33(18-26)25(35)22-7-2-3-8-23(22)27(29,30)31/h2-3,7-12H,1,4-6,13-19H2. The third-order valence-electron chi connectivity index (χ3n) is 7.01. The molecule has 0 aliphatic carbocycles. The third kappa shape index (κ3) is 6.33. The Hall–Kier alpha value is -2.74. The summed E-state index contributed by atoms with van der Waals surface area (Å²) in [5, 5.41) is 0.565. The zero-order chi connectivity index (χ0) is 25.8. The fourth-order valence-electron chi connectivity index (χ4n) is 5.12. The molecular formula is C27H30ClF3N2O3. The summed E-state index contributed by atoms with van der Waals surface area (Å²) in [6.07, 6.45) is -0.262. The minimum atomic E-state index is -4.64. The molecule has 1 unspecified atom stereocenters. The Morgan fingerprint density at radius 3 is 2.28 bits per heavy atom. The van der Waals surface area contributed by atoms with Crippen LogP contribution >= 0.6 is 11.6 Å². The summed E-state index contributed by atoms with van der Waals surface area (Å²) in [4.78, 5) is 29.9. The molecule has 4 rings (SSSR count). The molecule has 1 atom stereocenters. The molecule has 2 amide bonds. The van der Waals surface area contributed by atoms with E-state index in [1.807, 2.05) is 4.90 Å². The van der Waals surface area contributed by atoms with Gasteiger partial charge in [0, 0.05) is 43.0 Å². The smallest absolute Gasteiger partial charge is 0.417 e. The number of nitrogens with zero attached hydrogens (tertiary/aromatic N) is 2. The van der Waals surface area contributed by atoms with E-state index < -0.39 is 23.1 Å². The van der Waals surface area contributed by atoms with Gasteiger partial charge in [-0.05, 0) is 68.5 Å².